The van der Waals surface area contributed by atoms with Crippen molar-refractivity contribution in [3.05, 3.63) is 12.7 Å². The highest BCUT2D eigenvalue weighted by Gasteiger charge is 2.40. The first-order valence-corrected chi connectivity index (χ1v) is 14.8. The fourth-order valence-electron chi connectivity index (χ4n) is 3.72. The fourth-order valence-corrected chi connectivity index (χ4v) is 5.51. The fraction of sp³-hybridized carbons (Fsp3) is 0.720. The molecule has 0 aliphatic carbocycles. The molecule has 0 amide bonds. The Bertz CT molecular complexity index is 1130. The lowest BCUT2D eigenvalue weighted by atomic mass is 9.99. The molecular formula is C25H44N7O5P. The molecule has 2 atom stereocenters. The van der Waals surface area contributed by atoms with Gasteiger partial charge in [0, 0.05) is 0 Å². The Balaban J connectivity index is 2.24. The predicted octanol–water partition coefficient (Wildman–Crippen LogP) is 4.75. The molecule has 0 aromatic carbocycles. The molecule has 38 heavy (non-hydrogen) atoms. The van der Waals surface area contributed by atoms with Gasteiger partial charge in [-0.05, 0) is 59.3 Å². The average Bonchev–Trinajstić information content (AvgIpc) is 3.19. The summed E-state index contributed by atoms with van der Waals surface area (Å²) in [4.78, 5) is 25.2. The largest absolute Gasteiger partial charge is 0.462 e. The number of hydrogen-bond donors (Lipinski definition) is 2. The van der Waals surface area contributed by atoms with Crippen LogP contribution in [-0.2, 0) is 30.0 Å². The first-order chi connectivity index (χ1) is 17.6. The van der Waals surface area contributed by atoms with Crippen LogP contribution in [0.5, 0.6) is 0 Å². The smallest absolute Gasteiger partial charge is 0.365 e. The van der Waals surface area contributed by atoms with Crippen LogP contribution < -0.4 is 10.8 Å². The van der Waals surface area contributed by atoms with E-state index in [-0.39, 0.29) is 18.3 Å². The van der Waals surface area contributed by atoms with Crippen molar-refractivity contribution in [1.29, 1.82) is 0 Å². The molecular weight excluding hydrogens is 509 g/mol. The maximum absolute atomic E-state index is 14.0. The van der Waals surface area contributed by atoms with Crippen LogP contribution in [0.4, 0.5) is 5.82 Å². The highest BCUT2D eigenvalue weighted by Crippen LogP contribution is 2.46. The van der Waals surface area contributed by atoms with E-state index in [0.717, 1.165) is 5.71 Å². The van der Waals surface area contributed by atoms with E-state index in [9.17, 15) is 9.36 Å². The second-order valence-corrected chi connectivity index (χ2v) is 13.2. The number of carbonyl (C=O) groups excluding carboxylic acids is 1. The number of aromatic nitrogens is 4. The average molecular weight is 554 g/mol. The Kier molecular flexibility index (Phi) is 11.2. The van der Waals surface area contributed by atoms with Crippen LogP contribution in [-0.4, -0.2) is 55.3 Å². The number of anilines is 1. The van der Waals surface area contributed by atoms with Gasteiger partial charge in [-0.3, -0.25) is 9.36 Å². The van der Waals surface area contributed by atoms with Gasteiger partial charge in [0.2, 0.25) is 0 Å². The van der Waals surface area contributed by atoms with Gasteiger partial charge in [0.25, 0.3) is 0 Å². The van der Waals surface area contributed by atoms with Gasteiger partial charge in [0.1, 0.15) is 23.7 Å². The van der Waals surface area contributed by atoms with Gasteiger partial charge in [0.05, 0.1) is 30.8 Å². The number of hydrogen-bond acceptors (Lipinski definition) is 10. The SMILES string of the molecule is CC(C)CC(CC(C)C)=NOP(=O)(CO[C@H](C)Cn1cnc2c(N)ncnc21)NC(C)(C)C(=O)OC(C)C. The number of nitrogens with two attached hydrogens (primary N) is 1. The summed E-state index contributed by atoms with van der Waals surface area (Å²) in [6.07, 6.45) is 3.31. The summed E-state index contributed by atoms with van der Waals surface area (Å²) in [5, 5.41) is 7.16. The summed E-state index contributed by atoms with van der Waals surface area (Å²) in [6, 6.07) is 0. The monoisotopic (exact) mass is 553 g/mol. The molecule has 214 valence electrons. The minimum absolute atomic E-state index is 0.288. The zero-order valence-corrected chi connectivity index (χ0v) is 25.0. The number of carbonyl (C=O) groups is 1. The van der Waals surface area contributed by atoms with E-state index in [0.29, 0.717) is 42.4 Å². The van der Waals surface area contributed by atoms with Gasteiger partial charge in [-0.25, -0.2) is 20.0 Å². The quantitative estimate of drug-likeness (QED) is 0.137. The van der Waals surface area contributed by atoms with Crippen molar-refractivity contribution in [3.63, 3.8) is 0 Å². The van der Waals surface area contributed by atoms with E-state index >= 15 is 0 Å². The Labute approximate surface area is 225 Å². The van der Waals surface area contributed by atoms with Crippen molar-refractivity contribution in [2.24, 2.45) is 17.0 Å². The van der Waals surface area contributed by atoms with Gasteiger partial charge in [-0.1, -0.05) is 32.9 Å². The Morgan fingerprint density at radius 1 is 1.11 bits per heavy atom. The van der Waals surface area contributed by atoms with Crippen molar-refractivity contribution in [2.45, 2.75) is 99.4 Å². The Hall–Kier alpha value is -2.56. The standard InChI is InChI=1S/C25H44N7O5P/c1-16(2)10-20(11-17(3)4)30-37-38(34,31-25(8,9)24(33)36-18(5)6)15-35-19(7)12-32-14-29-21-22(26)27-13-28-23(21)32/h13-14,16-19H,10-12,15H2,1-9H3,(H,31,34)(H2,26,27,28)/t19-,38?/m1/s1. The molecule has 0 aliphatic heterocycles. The number of imidazole rings is 1. The number of oxime groups is 1. The second-order valence-electron chi connectivity index (χ2n) is 11.2. The summed E-state index contributed by atoms with van der Waals surface area (Å²) in [7, 11) is -3.81. The molecule has 0 bridgehead atoms. The molecule has 0 saturated carbocycles. The van der Waals surface area contributed by atoms with E-state index in [2.05, 4.69) is 52.9 Å². The van der Waals surface area contributed by atoms with E-state index in [1.807, 2.05) is 6.92 Å². The topological polar surface area (TPSA) is 156 Å². The van der Waals surface area contributed by atoms with Crippen LogP contribution in [0.2, 0.25) is 0 Å². The summed E-state index contributed by atoms with van der Waals surface area (Å²) >= 11 is 0. The van der Waals surface area contributed by atoms with Crippen molar-refractivity contribution < 1.29 is 23.5 Å². The molecule has 0 saturated heterocycles. The third-order valence-electron chi connectivity index (χ3n) is 5.30. The highest BCUT2D eigenvalue weighted by atomic mass is 31.2. The highest BCUT2D eigenvalue weighted by molar-refractivity contribution is 7.56. The lowest BCUT2D eigenvalue weighted by Crippen LogP contribution is -2.47. The van der Waals surface area contributed by atoms with E-state index in [1.165, 1.54) is 6.33 Å². The molecule has 0 aliphatic rings. The van der Waals surface area contributed by atoms with Crippen molar-refractivity contribution >= 4 is 36.2 Å². The van der Waals surface area contributed by atoms with E-state index in [4.69, 9.17) is 19.8 Å². The van der Waals surface area contributed by atoms with Crippen LogP contribution in [0.15, 0.2) is 17.8 Å². The predicted molar refractivity (Wildman–Crippen MR) is 149 cm³/mol. The lowest BCUT2D eigenvalue weighted by Gasteiger charge is -2.29. The maximum atomic E-state index is 14.0. The number of nitrogen functional groups attached to an aromatic ring is 1. The third-order valence-corrected chi connectivity index (χ3v) is 7.04. The maximum Gasteiger partial charge on any atom is 0.365 e. The Morgan fingerprint density at radius 2 is 1.74 bits per heavy atom. The van der Waals surface area contributed by atoms with Crippen molar-refractivity contribution in [3.8, 4) is 0 Å². The number of ether oxygens (including phenoxy) is 2. The first-order valence-electron chi connectivity index (χ1n) is 13.0. The van der Waals surface area contributed by atoms with Gasteiger partial charge in [-0.2, -0.15) is 0 Å². The summed E-state index contributed by atoms with van der Waals surface area (Å²) in [5.41, 5.74) is 6.43. The molecule has 2 rings (SSSR count). The molecule has 0 spiro atoms. The molecule has 13 heteroatoms. The molecule has 12 nitrogen and oxygen atoms in total. The van der Waals surface area contributed by atoms with Crippen molar-refractivity contribution in [1.82, 2.24) is 24.6 Å². The number of nitrogens with one attached hydrogen (secondary N) is 1. The van der Waals surface area contributed by atoms with Crippen LogP contribution in [0.1, 0.15) is 75.2 Å². The summed E-state index contributed by atoms with van der Waals surface area (Å²) < 4.78 is 32.8. The molecule has 3 N–H and O–H groups in total. The van der Waals surface area contributed by atoms with Gasteiger partial charge < -0.3 is 24.4 Å². The van der Waals surface area contributed by atoms with Crippen molar-refractivity contribution in [2.75, 3.05) is 12.1 Å². The molecule has 0 fully saturated rings. The van der Waals surface area contributed by atoms with Crippen LogP contribution in [0, 0.1) is 11.8 Å². The van der Waals surface area contributed by atoms with Crippen LogP contribution in [0.3, 0.4) is 0 Å². The summed E-state index contributed by atoms with van der Waals surface area (Å²) in [6.45, 7) is 17.2. The third kappa shape index (κ3) is 9.63. The summed E-state index contributed by atoms with van der Waals surface area (Å²) in [5.74, 6) is 0.427. The van der Waals surface area contributed by atoms with Gasteiger partial charge in [-0.15, -0.1) is 0 Å². The zero-order chi connectivity index (χ0) is 28.7. The molecule has 2 heterocycles. The van der Waals surface area contributed by atoms with E-state index in [1.54, 1.807) is 38.6 Å². The second kappa shape index (κ2) is 13.5. The minimum atomic E-state index is -3.81. The number of rotatable bonds is 15. The molecule has 1 unspecified atom stereocenters. The lowest BCUT2D eigenvalue weighted by molar-refractivity contribution is -0.153. The van der Waals surface area contributed by atoms with Gasteiger partial charge in [0.15, 0.2) is 11.5 Å². The number of nitrogens with zero attached hydrogens (tertiary/aromatic N) is 5. The number of fused-ring (bicyclic) bond motifs is 1. The normalized spacial score (nSPS) is 14.6. The Morgan fingerprint density at radius 3 is 2.32 bits per heavy atom. The van der Waals surface area contributed by atoms with Gasteiger partial charge >= 0.3 is 13.5 Å². The first kappa shape index (κ1) is 31.7. The van der Waals surface area contributed by atoms with E-state index < -0.39 is 25.1 Å². The zero-order valence-electron chi connectivity index (χ0n) is 24.1. The number of esters is 1. The minimum Gasteiger partial charge on any atom is -0.462 e. The van der Waals surface area contributed by atoms with Crippen LogP contribution >= 0.6 is 7.52 Å². The molecule has 0 radical (unpaired) electrons. The van der Waals surface area contributed by atoms with Crippen LogP contribution in [0.25, 0.3) is 11.2 Å². The molecule has 2 aromatic rings. The molecule has 2 aromatic heterocycles.